The van der Waals surface area contributed by atoms with Crippen molar-refractivity contribution in [3.05, 3.63) is 0 Å². The van der Waals surface area contributed by atoms with E-state index < -0.39 is 0 Å². The Morgan fingerprint density at radius 2 is 2.36 bits per heavy atom. The van der Waals surface area contributed by atoms with E-state index in [1.165, 1.54) is 18.6 Å². The van der Waals surface area contributed by atoms with Crippen LogP contribution in [0.3, 0.4) is 0 Å². The van der Waals surface area contributed by atoms with Crippen LogP contribution < -0.4 is 5.32 Å². The molecule has 1 aliphatic rings. The molecule has 1 rings (SSSR count). The molecule has 3 unspecified atom stereocenters. The van der Waals surface area contributed by atoms with Gasteiger partial charge in [0.2, 0.25) is 0 Å². The van der Waals surface area contributed by atoms with Gasteiger partial charge < -0.3 is 10.1 Å². The molecule has 0 radical (unpaired) electrons. The summed E-state index contributed by atoms with van der Waals surface area (Å²) < 4.78 is 5.40. The van der Waals surface area contributed by atoms with Gasteiger partial charge in [-0.15, -0.1) is 0 Å². The number of nitrogens with one attached hydrogen (secondary N) is 1. The molecule has 0 spiro atoms. The highest BCUT2D eigenvalue weighted by molar-refractivity contribution is 7.99. The highest BCUT2D eigenvalue weighted by atomic mass is 32.2. The first kappa shape index (κ1) is 12.3. The smallest absolute Gasteiger partial charge is 0.0616 e. The lowest BCUT2D eigenvalue weighted by Crippen LogP contribution is -2.45. The summed E-state index contributed by atoms with van der Waals surface area (Å²) in [5, 5.41) is 4.41. The third-order valence-electron chi connectivity index (χ3n) is 2.68. The molecule has 1 saturated heterocycles. The van der Waals surface area contributed by atoms with Gasteiger partial charge in [-0.25, -0.2) is 0 Å². The van der Waals surface area contributed by atoms with Crippen molar-refractivity contribution in [2.24, 2.45) is 0 Å². The summed E-state index contributed by atoms with van der Waals surface area (Å²) >= 11 is 2.09. The van der Waals surface area contributed by atoms with E-state index in [1.54, 1.807) is 0 Å². The van der Waals surface area contributed by atoms with Gasteiger partial charge in [0.05, 0.1) is 6.61 Å². The Morgan fingerprint density at radius 1 is 1.57 bits per heavy atom. The number of ether oxygens (including phenoxy) is 1. The molecule has 0 aromatic carbocycles. The van der Waals surface area contributed by atoms with Crippen molar-refractivity contribution in [2.75, 3.05) is 19.0 Å². The zero-order valence-corrected chi connectivity index (χ0v) is 10.4. The molecule has 1 N–H and O–H groups in total. The van der Waals surface area contributed by atoms with Crippen LogP contribution in [0, 0.1) is 0 Å². The molecular weight excluding hydrogens is 194 g/mol. The Balaban J connectivity index is 2.20. The third-order valence-corrected chi connectivity index (χ3v) is 4.06. The van der Waals surface area contributed by atoms with Crippen molar-refractivity contribution < 1.29 is 4.74 Å². The topological polar surface area (TPSA) is 21.3 Å². The maximum Gasteiger partial charge on any atom is 0.0616 e. The lowest BCUT2D eigenvalue weighted by molar-refractivity contribution is 0.122. The fourth-order valence-electron chi connectivity index (χ4n) is 1.85. The monoisotopic (exact) mass is 217 g/mol. The van der Waals surface area contributed by atoms with Crippen LogP contribution in [0.2, 0.25) is 0 Å². The quantitative estimate of drug-likeness (QED) is 0.763. The minimum atomic E-state index is 0.487. The summed E-state index contributed by atoms with van der Waals surface area (Å²) in [6.07, 6.45) is 2.68. The SMILES string of the molecule is CCOCC(C)NC1CCCSC1C. The fraction of sp³-hybridized carbons (Fsp3) is 1.00. The van der Waals surface area contributed by atoms with Crippen molar-refractivity contribution in [2.45, 2.75) is 50.9 Å². The summed E-state index contributed by atoms with van der Waals surface area (Å²) in [6.45, 7) is 8.24. The predicted molar refractivity (Wildman–Crippen MR) is 64.0 cm³/mol. The largest absolute Gasteiger partial charge is 0.380 e. The maximum atomic E-state index is 5.40. The predicted octanol–water partition coefficient (Wildman–Crippen LogP) is 2.29. The summed E-state index contributed by atoms with van der Waals surface area (Å²) in [4.78, 5) is 0. The van der Waals surface area contributed by atoms with Crippen LogP contribution in [0.4, 0.5) is 0 Å². The van der Waals surface area contributed by atoms with Gasteiger partial charge in [0.15, 0.2) is 0 Å². The highest BCUT2D eigenvalue weighted by Gasteiger charge is 2.22. The molecule has 1 fully saturated rings. The van der Waals surface area contributed by atoms with Crippen LogP contribution >= 0.6 is 11.8 Å². The maximum absolute atomic E-state index is 5.40. The molecule has 0 aromatic rings. The molecule has 0 amide bonds. The fourth-order valence-corrected chi connectivity index (χ4v) is 3.00. The van der Waals surface area contributed by atoms with E-state index in [1.807, 2.05) is 6.92 Å². The van der Waals surface area contributed by atoms with Crippen LogP contribution in [-0.4, -0.2) is 36.3 Å². The van der Waals surface area contributed by atoms with E-state index >= 15 is 0 Å². The molecule has 84 valence electrons. The minimum absolute atomic E-state index is 0.487. The van der Waals surface area contributed by atoms with Gasteiger partial charge in [-0.2, -0.15) is 11.8 Å². The van der Waals surface area contributed by atoms with E-state index in [4.69, 9.17) is 4.74 Å². The normalized spacial score (nSPS) is 30.2. The van der Waals surface area contributed by atoms with Gasteiger partial charge in [-0.3, -0.25) is 0 Å². The average molecular weight is 217 g/mol. The summed E-state index contributed by atoms with van der Waals surface area (Å²) in [6, 6.07) is 1.17. The second-order valence-corrected chi connectivity index (χ2v) is 5.54. The first-order chi connectivity index (χ1) is 6.74. The zero-order chi connectivity index (χ0) is 10.4. The van der Waals surface area contributed by atoms with E-state index in [2.05, 4.69) is 30.9 Å². The molecule has 0 saturated carbocycles. The molecule has 1 aliphatic heterocycles. The molecule has 0 aromatic heterocycles. The number of hydrogen-bond acceptors (Lipinski definition) is 3. The Morgan fingerprint density at radius 3 is 3.00 bits per heavy atom. The Hall–Kier alpha value is 0.270. The first-order valence-electron chi connectivity index (χ1n) is 5.69. The van der Waals surface area contributed by atoms with Gasteiger partial charge in [-0.05, 0) is 32.4 Å². The lowest BCUT2D eigenvalue weighted by Gasteiger charge is -2.31. The first-order valence-corrected chi connectivity index (χ1v) is 6.74. The highest BCUT2D eigenvalue weighted by Crippen LogP contribution is 2.25. The van der Waals surface area contributed by atoms with Crippen molar-refractivity contribution in [1.82, 2.24) is 5.32 Å². The van der Waals surface area contributed by atoms with Crippen LogP contribution in [0.15, 0.2) is 0 Å². The van der Waals surface area contributed by atoms with E-state index in [-0.39, 0.29) is 0 Å². The number of hydrogen-bond donors (Lipinski definition) is 1. The second-order valence-electron chi connectivity index (χ2n) is 4.05. The number of thioether (sulfide) groups is 1. The second kappa shape index (κ2) is 6.70. The summed E-state index contributed by atoms with van der Waals surface area (Å²) in [5.41, 5.74) is 0. The van der Waals surface area contributed by atoms with Crippen LogP contribution in [0.25, 0.3) is 0 Å². The summed E-state index contributed by atoms with van der Waals surface area (Å²) in [5.74, 6) is 1.33. The van der Waals surface area contributed by atoms with Crippen LogP contribution in [0.5, 0.6) is 0 Å². The Bertz CT molecular complexity index is 154. The van der Waals surface area contributed by atoms with Crippen LogP contribution in [0.1, 0.15) is 33.6 Å². The summed E-state index contributed by atoms with van der Waals surface area (Å²) in [7, 11) is 0. The van der Waals surface area contributed by atoms with Gasteiger partial charge in [0, 0.05) is 23.9 Å². The van der Waals surface area contributed by atoms with Gasteiger partial charge >= 0.3 is 0 Å². The lowest BCUT2D eigenvalue weighted by atomic mass is 10.1. The molecule has 2 nitrogen and oxygen atoms in total. The van der Waals surface area contributed by atoms with E-state index in [9.17, 15) is 0 Å². The van der Waals surface area contributed by atoms with Crippen LogP contribution in [-0.2, 0) is 4.74 Å². The van der Waals surface area contributed by atoms with Crippen molar-refractivity contribution in [3.8, 4) is 0 Å². The van der Waals surface area contributed by atoms with Crippen molar-refractivity contribution in [1.29, 1.82) is 0 Å². The van der Waals surface area contributed by atoms with Gasteiger partial charge in [0.1, 0.15) is 0 Å². The standard InChI is InChI=1S/C11H23NOS/c1-4-13-8-9(2)12-11-6-5-7-14-10(11)3/h9-12H,4-8H2,1-3H3. The average Bonchev–Trinajstić information content (AvgIpc) is 2.18. The van der Waals surface area contributed by atoms with Crippen molar-refractivity contribution >= 4 is 11.8 Å². The molecule has 0 bridgehead atoms. The Kier molecular flexibility index (Phi) is 5.90. The number of rotatable bonds is 5. The van der Waals surface area contributed by atoms with Gasteiger partial charge in [-0.1, -0.05) is 6.92 Å². The van der Waals surface area contributed by atoms with Gasteiger partial charge in [0.25, 0.3) is 0 Å². The molecule has 1 heterocycles. The third kappa shape index (κ3) is 4.20. The zero-order valence-electron chi connectivity index (χ0n) is 9.58. The molecule has 3 heteroatoms. The Labute approximate surface area is 92.2 Å². The molecule has 3 atom stereocenters. The van der Waals surface area contributed by atoms with Crippen molar-refractivity contribution in [3.63, 3.8) is 0 Å². The molecule has 14 heavy (non-hydrogen) atoms. The van der Waals surface area contributed by atoms with E-state index in [0.29, 0.717) is 12.1 Å². The molecular formula is C11H23NOS. The minimum Gasteiger partial charge on any atom is -0.380 e. The molecule has 0 aliphatic carbocycles. The van der Waals surface area contributed by atoms with E-state index in [0.717, 1.165) is 18.5 Å².